The van der Waals surface area contributed by atoms with Gasteiger partial charge in [0.15, 0.2) is 0 Å². The quantitative estimate of drug-likeness (QED) is 0.152. The number of benzene rings is 10. The van der Waals surface area contributed by atoms with Gasteiger partial charge in [-0.25, -0.2) is 0 Å². The second kappa shape index (κ2) is 14.4. The van der Waals surface area contributed by atoms with E-state index in [1.54, 1.807) is 0 Å². The molecule has 0 unspecified atom stereocenters. The molecule has 0 atom stereocenters. The first kappa shape index (κ1) is 33.8. The molecule has 0 spiro atoms. The van der Waals surface area contributed by atoms with E-state index in [1.807, 2.05) is 0 Å². The second-order valence-corrected chi connectivity index (χ2v) is 14.1. The number of hydrogen-bond acceptors (Lipinski definition) is 0. The van der Waals surface area contributed by atoms with Crippen LogP contribution in [0.25, 0.3) is 99.1 Å². The van der Waals surface area contributed by atoms with Crippen molar-refractivity contribution in [3.05, 3.63) is 218 Å². The Morgan fingerprint density at radius 2 is 0.382 bits per heavy atom. The Balaban J connectivity index is 0.00000397. The average Bonchev–Trinajstić information content (AvgIpc) is 3.27. The molecule has 0 aliphatic rings. The van der Waals surface area contributed by atoms with Crippen LogP contribution in [0.5, 0.6) is 0 Å². The first-order valence-electron chi connectivity index (χ1n) is 18.7. The Labute approximate surface area is 323 Å². The smallest absolute Gasteiger partial charge is 0.00928 e. The Bertz CT molecular complexity index is 2780. The van der Waals surface area contributed by atoms with Crippen molar-refractivity contribution in [3.63, 3.8) is 0 Å². The molecule has 10 aromatic carbocycles. The molecule has 0 aliphatic carbocycles. The lowest BCUT2D eigenvalue weighted by Gasteiger charge is -2.14. The van der Waals surface area contributed by atoms with Crippen LogP contribution < -0.4 is 0 Å². The van der Waals surface area contributed by atoms with Crippen LogP contribution in [-0.4, -0.2) is 0 Å². The molecular formula is C55H40. The zero-order valence-corrected chi connectivity index (χ0v) is 29.8. The van der Waals surface area contributed by atoms with Gasteiger partial charge in [-0.2, -0.15) is 0 Å². The zero-order valence-electron chi connectivity index (χ0n) is 29.8. The predicted octanol–water partition coefficient (Wildman–Crippen LogP) is 15.8. The van der Waals surface area contributed by atoms with Crippen LogP contribution in [0.15, 0.2) is 218 Å². The lowest BCUT2D eigenvalue weighted by Crippen LogP contribution is -1.88. The van der Waals surface area contributed by atoms with Gasteiger partial charge < -0.3 is 0 Å². The minimum absolute atomic E-state index is 0. The highest BCUT2D eigenvalue weighted by Gasteiger charge is 2.12. The first-order chi connectivity index (χ1) is 26.7. The van der Waals surface area contributed by atoms with Crippen molar-refractivity contribution >= 4 is 32.3 Å². The Kier molecular flexibility index (Phi) is 8.86. The minimum atomic E-state index is 0. The van der Waals surface area contributed by atoms with Crippen LogP contribution in [0.4, 0.5) is 0 Å². The molecule has 0 radical (unpaired) electrons. The van der Waals surface area contributed by atoms with Crippen LogP contribution in [-0.2, 0) is 0 Å². The third kappa shape index (κ3) is 6.39. The third-order valence-electron chi connectivity index (χ3n) is 10.9. The molecule has 0 saturated heterocycles. The second-order valence-electron chi connectivity index (χ2n) is 14.1. The fourth-order valence-electron chi connectivity index (χ4n) is 8.04. The van der Waals surface area contributed by atoms with Crippen molar-refractivity contribution in [1.82, 2.24) is 0 Å². The SMILES string of the molecule is C.c1ccc(-c2ccc(-c3cc(-c4ccc(-c5ccccc5)cc4)cc(-c4ccc(-c5ccc6c7ccccc7c7ccccc7c6c5)cc4)c3)cc2)cc1. The highest BCUT2D eigenvalue weighted by Crippen LogP contribution is 2.39. The van der Waals surface area contributed by atoms with E-state index in [0.717, 1.165) is 0 Å². The Hall–Kier alpha value is -7.02. The van der Waals surface area contributed by atoms with E-state index in [-0.39, 0.29) is 7.43 Å². The summed E-state index contributed by atoms with van der Waals surface area (Å²) in [4.78, 5) is 0. The van der Waals surface area contributed by atoms with E-state index >= 15 is 0 Å². The molecule has 0 aromatic heterocycles. The average molecular weight is 701 g/mol. The molecular weight excluding hydrogens is 661 g/mol. The predicted molar refractivity (Wildman–Crippen MR) is 238 cm³/mol. The topological polar surface area (TPSA) is 0 Å². The summed E-state index contributed by atoms with van der Waals surface area (Å²) in [5.74, 6) is 0. The maximum Gasteiger partial charge on any atom is -0.00928 e. The summed E-state index contributed by atoms with van der Waals surface area (Å²) in [6, 6.07) is 79.7. The molecule has 260 valence electrons. The molecule has 0 heterocycles. The van der Waals surface area contributed by atoms with Crippen molar-refractivity contribution in [1.29, 1.82) is 0 Å². The number of rotatable bonds is 6. The number of hydrogen-bond donors (Lipinski definition) is 0. The molecule has 0 amide bonds. The Morgan fingerprint density at radius 1 is 0.145 bits per heavy atom. The van der Waals surface area contributed by atoms with Gasteiger partial charge in [-0.05, 0) is 123 Å². The summed E-state index contributed by atoms with van der Waals surface area (Å²) in [6.45, 7) is 0. The van der Waals surface area contributed by atoms with Crippen LogP contribution in [0.1, 0.15) is 7.43 Å². The van der Waals surface area contributed by atoms with Crippen LogP contribution in [0.2, 0.25) is 0 Å². The van der Waals surface area contributed by atoms with Crippen LogP contribution in [0.3, 0.4) is 0 Å². The summed E-state index contributed by atoms with van der Waals surface area (Å²) in [5.41, 5.74) is 14.5. The van der Waals surface area contributed by atoms with Gasteiger partial charge >= 0.3 is 0 Å². The van der Waals surface area contributed by atoms with Crippen molar-refractivity contribution < 1.29 is 0 Å². The molecule has 0 bridgehead atoms. The minimum Gasteiger partial charge on any atom is -0.0776 e. The van der Waals surface area contributed by atoms with Gasteiger partial charge in [0.2, 0.25) is 0 Å². The summed E-state index contributed by atoms with van der Waals surface area (Å²) < 4.78 is 0. The van der Waals surface area contributed by atoms with E-state index < -0.39 is 0 Å². The summed E-state index contributed by atoms with van der Waals surface area (Å²) in [5, 5.41) is 7.78. The number of fused-ring (bicyclic) bond motifs is 6. The Morgan fingerprint density at radius 3 is 0.745 bits per heavy atom. The molecule has 10 aromatic rings. The molecule has 0 aliphatic heterocycles. The van der Waals surface area contributed by atoms with E-state index in [9.17, 15) is 0 Å². The standard InChI is InChI=1S/C54H36.CH4/c1-3-11-37(12-4-1)39-19-25-42(26-20-39)46-33-47(43-27-21-40(22-28-43)38-13-5-2-6-14-38)35-48(34-46)44-29-23-41(24-30-44)45-31-32-53-51-17-8-7-15-49(51)50-16-9-10-18-52(50)54(53)36-45;/h1-36H;1H4. The molecule has 0 heteroatoms. The highest BCUT2D eigenvalue weighted by molar-refractivity contribution is 6.25. The van der Waals surface area contributed by atoms with E-state index in [2.05, 4.69) is 218 Å². The van der Waals surface area contributed by atoms with E-state index in [4.69, 9.17) is 0 Å². The molecule has 0 nitrogen and oxygen atoms in total. The van der Waals surface area contributed by atoms with Gasteiger partial charge in [0.1, 0.15) is 0 Å². The van der Waals surface area contributed by atoms with Crippen molar-refractivity contribution in [2.75, 3.05) is 0 Å². The first-order valence-corrected chi connectivity index (χ1v) is 18.7. The van der Waals surface area contributed by atoms with Gasteiger partial charge in [0.05, 0.1) is 0 Å². The molecule has 10 rings (SSSR count). The fraction of sp³-hybridized carbons (Fsp3) is 0.0182. The van der Waals surface area contributed by atoms with Crippen LogP contribution >= 0.6 is 0 Å². The van der Waals surface area contributed by atoms with Gasteiger partial charge in [-0.15, -0.1) is 0 Å². The summed E-state index contributed by atoms with van der Waals surface area (Å²) in [7, 11) is 0. The molecule has 0 fully saturated rings. The lowest BCUT2D eigenvalue weighted by atomic mass is 9.90. The normalized spacial score (nSPS) is 11.1. The van der Waals surface area contributed by atoms with Gasteiger partial charge in [-0.3, -0.25) is 0 Å². The summed E-state index contributed by atoms with van der Waals surface area (Å²) in [6.07, 6.45) is 0. The lowest BCUT2D eigenvalue weighted by molar-refractivity contribution is 1.55. The monoisotopic (exact) mass is 700 g/mol. The van der Waals surface area contributed by atoms with E-state index in [1.165, 1.54) is 99.1 Å². The zero-order chi connectivity index (χ0) is 35.8. The largest absolute Gasteiger partial charge is 0.0776 e. The maximum absolute atomic E-state index is 2.37. The van der Waals surface area contributed by atoms with Crippen molar-refractivity contribution in [2.45, 2.75) is 7.43 Å². The summed E-state index contributed by atoms with van der Waals surface area (Å²) >= 11 is 0. The van der Waals surface area contributed by atoms with Crippen molar-refractivity contribution in [2.24, 2.45) is 0 Å². The molecule has 0 N–H and O–H groups in total. The third-order valence-corrected chi connectivity index (χ3v) is 10.9. The molecule has 55 heavy (non-hydrogen) atoms. The maximum atomic E-state index is 2.37. The van der Waals surface area contributed by atoms with Gasteiger partial charge in [-0.1, -0.05) is 202 Å². The van der Waals surface area contributed by atoms with Gasteiger partial charge in [0.25, 0.3) is 0 Å². The highest BCUT2D eigenvalue weighted by atomic mass is 14.2. The van der Waals surface area contributed by atoms with Gasteiger partial charge in [0, 0.05) is 0 Å². The van der Waals surface area contributed by atoms with Crippen LogP contribution in [0, 0.1) is 0 Å². The van der Waals surface area contributed by atoms with Crippen molar-refractivity contribution in [3.8, 4) is 66.8 Å². The van der Waals surface area contributed by atoms with E-state index in [0.29, 0.717) is 0 Å². The molecule has 0 saturated carbocycles. The fourth-order valence-corrected chi connectivity index (χ4v) is 8.04.